The SMILES string of the molecule is C[C@H](NC(=O)CCl)C(=O)N1CCc2ccccc2C1. The Hall–Kier alpha value is -1.55. The Balaban J connectivity index is 2.00. The molecule has 2 rings (SSSR count). The molecule has 0 aromatic heterocycles. The minimum absolute atomic E-state index is 0.0621. The van der Waals surface area contributed by atoms with E-state index in [1.807, 2.05) is 18.2 Å². The summed E-state index contributed by atoms with van der Waals surface area (Å²) in [5, 5.41) is 2.59. The smallest absolute Gasteiger partial charge is 0.245 e. The molecule has 0 radical (unpaired) electrons. The number of hydrogen-bond donors (Lipinski definition) is 1. The predicted octanol–water partition coefficient (Wildman–Crippen LogP) is 1.31. The van der Waals surface area contributed by atoms with E-state index in [0.29, 0.717) is 13.1 Å². The fourth-order valence-corrected chi connectivity index (χ4v) is 2.38. The van der Waals surface area contributed by atoms with Gasteiger partial charge in [-0.2, -0.15) is 0 Å². The van der Waals surface area contributed by atoms with E-state index in [4.69, 9.17) is 11.6 Å². The molecule has 1 aromatic rings. The summed E-state index contributed by atoms with van der Waals surface area (Å²) in [5.74, 6) is -0.506. The molecule has 4 nitrogen and oxygen atoms in total. The predicted molar refractivity (Wildman–Crippen MR) is 73.9 cm³/mol. The number of nitrogens with zero attached hydrogens (tertiary/aromatic N) is 1. The summed E-state index contributed by atoms with van der Waals surface area (Å²) < 4.78 is 0. The van der Waals surface area contributed by atoms with E-state index in [1.165, 1.54) is 11.1 Å². The molecule has 1 aromatic carbocycles. The topological polar surface area (TPSA) is 49.4 Å². The molecule has 0 spiro atoms. The van der Waals surface area contributed by atoms with Crippen molar-refractivity contribution in [2.24, 2.45) is 0 Å². The Labute approximate surface area is 117 Å². The standard InChI is InChI=1S/C14H17ClN2O2/c1-10(16-13(18)8-15)14(19)17-7-6-11-4-2-3-5-12(11)9-17/h2-5,10H,6-9H2,1H3,(H,16,18)/t10-/m0/s1. The molecule has 1 aliphatic rings. The van der Waals surface area contributed by atoms with Crippen LogP contribution in [0.1, 0.15) is 18.1 Å². The van der Waals surface area contributed by atoms with Gasteiger partial charge in [-0.25, -0.2) is 0 Å². The number of alkyl halides is 1. The minimum Gasteiger partial charge on any atom is -0.344 e. The molecule has 0 unspecified atom stereocenters. The van der Waals surface area contributed by atoms with Crippen LogP contribution >= 0.6 is 11.6 Å². The van der Waals surface area contributed by atoms with Gasteiger partial charge in [0.25, 0.3) is 0 Å². The van der Waals surface area contributed by atoms with Gasteiger partial charge in [0.15, 0.2) is 0 Å². The summed E-state index contributed by atoms with van der Waals surface area (Å²) in [7, 11) is 0. The maximum absolute atomic E-state index is 12.2. The molecule has 1 atom stereocenters. The van der Waals surface area contributed by atoms with Crippen LogP contribution in [0.15, 0.2) is 24.3 Å². The summed E-state index contributed by atoms with van der Waals surface area (Å²) in [4.78, 5) is 25.2. The van der Waals surface area contributed by atoms with Gasteiger partial charge in [-0.1, -0.05) is 24.3 Å². The molecule has 102 valence electrons. The Morgan fingerprint density at radius 1 is 1.37 bits per heavy atom. The van der Waals surface area contributed by atoms with Crippen LogP contribution in [-0.2, 0) is 22.6 Å². The second kappa shape index (κ2) is 6.06. The van der Waals surface area contributed by atoms with Crippen LogP contribution in [0.4, 0.5) is 0 Å². The first kappa shape index (κ1) is 13.9. The first-order chi connectivity index (χ1) is 9.11. The number of carbonyl (C=O) groups is 2. The quantitative estimate of drug-likeness (QED) is 0.849. The summed E-state index contributed by atoms with van der Waals surface area (Å²) >= 11 is 5.42. The van der Waals surface area contributed by atoms with Crippen molar-refractivity contribution in [1.82, 2.24) is 10.2 Å². The van der Waals surface area contributed by atoms with Gasteiger partial charge in [0.05, 0.1) is 0 Å². The molecular formula is C14H17ClN2O2. The van der Waals surface area contributed by atoms with Crippen LogP contribution < -0.4 is 5.32 Å². The maximum Gasteiger partial charge on any atom is 0.245 e. The summed E-state index contributed by atoms with van der Waals surface area (Å²) in [6.45, 7) is 2.99. The van der Waals surface area contributed by atoms with Gasteiger partial charge in [0, 0.05) is 13.1 Å². The first-order valence-electron chi connectivity index (χ1n) is 6.32. The lowest BCUT2D eigenvalue weighted by Crippen LogP contribution is -2.48. The van der Waals surface area contributed by atoms with Crippen molar-refractivity contribution in [3.05, 3.63) is 35.4 Å². The van der Waals surface area contributed by atoms with Gasteiger partial charge >= 0.3 is 0 Å². The highest BCUT2D eigenvalue weighted by Gasteiger charge is 2.25. The van der Waals surface area contributed by atoms with E-state index >= 15 is 0 Å². The fourth-order valence-electron chi connectivity index (χ4n) is 2.30. The third-order valence-corrected chi connectivity index (χ3v) is 3.55. The number of benzene rings is 1. The van der Waals surface area contributed by atoms with Gasteiger partial charge in [0.1, 0.15) is 11.9 Å². The third kappa shape index (κ3) is 3.26. The second-order valence-electron chi connectivity index (χ2n) is 4.70. The summed E-state index contributed by atoms with van der Waals surface area (Å²) in [5.41, 5.74) is 2.47. The van der Waals surface area contributed by atoms with Crippen LogP contribution in [0, 0.1) is 0 Å². The molecule has 0 fully saturated rings. The number of rotatable bonds is 3. The normalized spacial score (nSPS) is 15.6. The molecule has 0 saturated heterocycles. The molecule has 5 heteroatoms. The van der Waals surface area contributed by atoms with Crippen LogP contribution in [-0.4, -0.2) is 35.2 Å². The van der Waals surface area contributed by atoms with Crippen molar-refractivity contribution in [3.8, 4) is 0 Å². The number of fused-ring (bicyclic) bond motifs is 1. The Morgan fingerprint density at radius 2 is 2.05 bits per heavy atom. The van der Waals surface area contributed by atoms with Crippen molar-refractivity contribution in [1.29, 1.82) is 0 Å². The average Bonchev–Trinajstić information content (AvgIpc) is 2.45. The van der Waals surface area contributed by atoms with Crippen molar-refractivity contribution < 1.29 is 9.59 Å². The minimum atomic E-state index is -0.531. The lowest BCUT2D eigenvalue weighted by Gasteiger charge is -2.31. The summed E-state index contributed by atoms with van der Waals surface area (Å²) in [6.07, 6.45) is 0.859. The monoisotopic (exact) mass is 280 g/mol. The van der Waals surface area contributed by atoms with Crippen molar-refractivity contribution >= 4 is 23.4 Å². The number of nitrogens with one attached hydrogen (secondary N) is 1. The van der Waals surface area contributed by atoms with E-state index in [9.17, 15) is 9.59 Å². The van der Waals surface area contributed by atoms with Gasteiger partial charge in [-0.3, -0.25) is 9.59 Å². The highest BCUT2D eigenvalue weighted by molar-refractivity contribution is 6.27. The Bertz CT molecular complexity index is 490. The van der Waals surface area contributed by atoms with Crippen LogP contribution in [0.5, 0.6) is 0 Å². The Kier molecular flexibility index (Phi) is 4.43. The van der Waals surface area contributed by atoms with E-state index in [2.05, 4.69) is 11.4 Å². The average molecular weight is 281 g/mol. The molecule has 0 aliphatic carbocycles. The zero-order valence-corrected chi connectivity index (χ0v) is 11.6. The fraction of sp³-hybridized carbons (Fsp3) is 0.429. The highest BCUT2D eigenvalue weighted by atomic mass is 35.5. The lowest BCUT2D eigenvalue weighted by molar-refractivity contribution is -0.136. The molecule has 1 N–H and O–H groups in total. The zero-order chi connectivity index (χ0) is 13.8. The van der Waals surface area contributed by atoms with Crippen LogP contribution in [0.25, 0.3) is 0 Å². The van der Waals surface area contributed by atoms with E-state index in [1.54, 1.807) is 11.8 Å². The molecule has 1 aliphatic heterocycles. The van der Waals surface area contributed by atoms with E-state index in [0.717, 1.165) is 6.42 Å². The molecule has 19 heavy (non-hydrogen) atoms. The molecule has 2 amide bonds. The van der Waals surface area contributed by atoms with Gasteiger partial charge < -0.3 is 10.2 Å². The van der Waals surface area contributed by atoms with Crippen LogP contribution in [0.3, 0.4) is 0 Å². The van der Waals surface area contributed by atoms with E-state index in [-0.39, 0.29) is 17.7 Å². The van der Waals surface area contributed by atoms with Crippen molar-refractivity contribution in [2.75, 3.05) is 12.4 Å². The number of amides is 2. The van der Waals surface area contributed by atoms with E-state index < -0.39 is 6.04 Å². The van der Waals surface area contributed by atoms with Gasteiger partial charge in [-0.05, 0) is 24.5 Å². The highest BCUT2D eigenvalue weighted by Crippen LogP contribution is 2.18. The molecule has 0 bridgehead atoms. The van der Waals surface area contributed by atoms with Gasteiger partial charge in [-0.15, -0.1) is 11.6 Å². The largest absolute Gasteiger partial charge is 0.344 e. The number of carbonyl (C=O) groups excluding carboxylic acids is 2. The Morgan fingerprint density at radius 3 is 2.74 bits per heavy atom. The van der Waals surface area contributed by atoms with Crippen molar-refractivity contribution in [2.45, 2.75) is 25.9 Å². The first-order valence-corrected chi connectivity index (χ1v) is 6.86. The van der Waals surface area contributed by atoms with Crippen LogP contribution in [0.2, 0.25) is 0 Å². The zero-order valence-electron chi connectivity index (χ0n) is 10.9. The van der Waals surface area contributed by atoms with Gasteiger partial charge in [0.2, 0.25) is 11.8 Å². The number of halogens is 1. The molecule has 0 saturated carbocycles. The molecular weight excluding hydrogens is 264 g/mol. The number of hydrogen-bond acceptors (Lipinski definition) is 2. The lowest BCUT2D eigenvalue weighted by atomic mass is 9.99. The maximum atomic E-state index is 12.2. The molecule has 1 heterocycles. The second-order valence-corrected chi connectivity index (χ2v) is 4.97. The third-order valence-electron chi connectivity index (χ3n) is 3.31. The van der Waals surface area contributed by atoms with Crippen molar-refractivity contribution in [3.63, 3.8) is 0 Å². The summed E-state index contributed by atoms with van der Waals surface area (Å²) in [6, 6.07) is 7.59.